The molecule has 1 aliphatic rings. The van der Waals surface area contributed by atoms with Crippen molar-refractivity contribution in [2.75, 3.05) is 39.3 Å². The van der Waals surface area contributed by atoms with Gasteiger partial charge in [0.1, 0.15) is 0 Å². The topological polar surface area (TPSA) is 111 Å². The van der Waals surface area contributed by atoms with Gasteiger partial charge < -0.3 is 26.0 Å². The smallest absolute Gasteiger partial charge is 0.315 e. The zero-order valence-electron chi connectivity index (χ0n) is 12.5. The summed E-state index contributed by atoms with van der Waals surface area (Å²) in [6.07, 6.45) is 0. The quantitative estimate of drug-likeness (QED) is 0.507. The Kier molecular flexibility index (Phi) is 6.93. The van der Waals surface area contributed by atoms with Gasteiger partial charge in [0.05, 0.1) is 12.5 Å². The number of piperazine rings is 1. The van der Waals surface area contributed by atoms with Crippen molar-refractivity contribution in [1.82, 2.24) is 20.9 Å². The molecule has 0 radical (unpaired) electrons. The standard InChI is InChI=1S/C13H24N4O4/c1-9(2)10(12(19)20)7-15-13(21)16-8-11(18)17-5-3-14-4-6-17/h9-10,14H,3-8H2,1-2H3,(H,19,20)(H2,15,16,21). The van der Waals surface area contributed by atoms with E-state index in [1.165, 1.54) is 0 Å². The predicted molar refractivity (Wildman–Crippen MR) is 76.8 cm³/mol. The maximum absolute atomic E-state index is 11.8. The molecule has 1 atom stereocenters. The molecule has 0 aromatic carbocycles. The van der Waals surface area contributed by atoms with E-state index in [1.807, 2.05) is 0 Å². The first-order valence-electron chi connectivity index (χ1n) is 7.14. The second-order valence-corrected chi connectivity index (χ2v) is 5.38. The summed E-state index contributed by atoms with van der Waals surface area (Å²) in [5, 5.41) is 17.1. The van der Waals surface area contributed by atoms with E-state index < -0.39 is 17.9 Å². The third-order valence-electron chi connectivity index (χ3n) is 3.47. The van der Waals surface area contributed by atoms with Crippen LogP contribution in [0.5, 0.6) is 0 Å². The molecule has 0 bridgehead atoms. The van der Waals surface area contributed by atoms with E-state index in [4.69, 9.17) is 5.11 Å². The normalized spacial score (nSPS) is 16.4. The Balaban J connectivity index is 2.27. The number of carboxylic acid groups (broad SMARTS) is 1. The van der Waals surface area contributed by atoms with Crippen LogP contribution in [0.4, 0.5) is 4.79 Å². The zero-order chi connectivity index (χ0) is 15.8. The van der Waals surface area contributed by atoms with E-state index in [0.29, 0.717) is 13.1 Å². The van der Waals surface area contributed by atoms with Gasteiger partial charge in [-0.25, -0.2) is 4.79 Å². The third kappa shape index (κ3) is 5.99. The average Bonchev–Trinajstić information content (AvgIpc) is 2.45. The Labute approximate surface area is 124 Å². The number of nitrogens with one attached hydrogen (secondary N) is 3. The highest BCUT2D eigenvalue weighted by Gasteiger charge is 2.22. The van der Waals surface area contributed by atoms with E-state index >= 15 is 0 Å². The minimum absolute atomic E-state index is 0.0423. The van der Waals surface area contributed by atoms with E-state index in [9.17, 15) is 14.4 Å². The molecule has 0 aliphatic carbocycles. The molecular weight excluding hydrogens is 276 g/mol. The first kappa shape index (κ1) is 17.2. The number of amides is 3. The Bertz CT molecular complexity index is 380. The lowest BCUT2D eigenvalue weighted by atomic mass is 9.96. The van der Waals surface area contributed by atoms with Crippen molar-refractivity contribution in [3.05, 3.63) is 0 Å². The van der Waals surface area contributed by atoms with Crippen molar-refractivity contribution in [3.8, 4) is 0 Å². The maximum Gasteiger partial charge on any atom is 0.315 e. The largest absolute Gasteiger partial charge is 0.481 e. The number of carbonyl (C=O) groups is 3. The summed E-state index contributed by atoms with van der Waals surface area (Å²) < 4.78 is 0. The SMILES string of the molecule is CC(C)C(CNC(=O)NCC(=O)N1CCNCC1)C(=O)O. The second-order valence-electron chi connectivity index (χ2n) is 5.38. The summed E-state index contributed by atoms with van der Waals surface area (Å²) in [5.41, 5.74) is 0. The molecule has 4 N–H and O–H groups in total. The maximum atomic E-state index is 11.8. The van der Waals surface area contributed by atoms with Gasteiger partial charge in [-0.1, -0.05) is 13.8 Å². The molecule has 120 valence electrons. The van der Waals surface area contributed by atoms with Gasteiger partial charge >= 0.3 is 12.0 Å². The summed E-state index contributed by atoms with van der Waals surface area (Å²) in [5.74, 6) is -1.79. The molecule has 1 aliphatic heterocycles. The zero-order valence-corrected chi connectivity index (χ0v) is 12.5. The molecule has 0 aromatic heterocycles. The Morgan fingerprint density at radius 1 is 1.19 bits per heavy atom. The summed E-state index contributed by atoms with van der Waals surface area (Å²) >= 11 is 0. The Hall–Kier alpha value is -1.83. The van der Waals surface area contributed by atoms with Crippen molar-refractivity contribution < 1.29 is 19.5 Å². The molecular formula is C13H24N4O4. The molecule has 0 saturated carbocycles. The molecule has 3 amide bonds. The summed E-state index contributed by atoms with van der Waals surface area (Å²) in [6.45, 7) is 6.32. The van der Waals surface area contributed by atoms with Crippen LogP contribution >= 0.6 is 0 Å². The molecule has 8 heteroatoms. The van der Waals surface area contributed by atoms with E-state index in [0.717, 1.165) is 13.1 Å². The van der Waals surface area contributed by atoms with E-state index in [-0.39, 0.29) is 24.9 Å². The van der Waals surface area contributed by atoms with Crippen LogP contribution in [0, 0.1) is 11.8 Å². The molecule has 1 unspecified atom stereocenters. The molecule has 1 heterocycles. The second kappa shape index (κ2) is 8.46. The minimum atomic E-state index is -0.942. The van der Waals surface area contributed by atoms with Gasteiger partial charge in [0, 0.05) is 32.7 Å². The fraction of sp³-hybridized carbons (Fsp3) is 0.769. The van der Waals surface area contributed by atoms with Crippen LogP contribution in [-0.2, 0) is 9.59 Å². The van der Waals surface area contributed by atoms with Crippen molar-refractivity contribution in [3.63, 3.8) is 0 Å². The van der Waals surface area contributed by atoms with Crippen LogP contribution in [0.25, 0.3) is 0 Å². The molecule has 0 aromatic rings. The van der Waals surface area contributed by atoms with Crippen molar-refractivity contribution in [1.29, 1.82) is 0 Å². The first-order valence-corrected chi connectivity index (χ1v) is 7.14. The molecule has 1 saturated heterocycles. The van der Waals surface area contributed by atoms with Gasteiger partial charge in [-0.05, 0) is 5.92 Å². The molecule has 1 fully saturated rings. The number of urea groups is 1. The van der Waals surface area contributed by atoms with Crippen molar-refractivity contribution in [2.45, 2.75) is 13.8 Å². The Morgan fingerprint density at radius 3 is 2.33 bits per heavy atom. The van der Waals surface area contributed by atoms with Gasteiger partial charge in [0.25, 0.3) is 0 Å². The Morgan fingerprint density at radius 2 is 1.81 bits per heavy atom. The summed E-state index contributed by atoms with van der Waals surface area (Å²) in [4.78, 5) is 36.1. The van der Waals surface area contributed by atoms with Crippen LogP contribution in [0.2, 0.25) is 0 Å². The summed E-state index contributed by atoms with van der Waals surface area (Å²) in [6, 6.07) is -0.523. The lowest BCUT2D eigenvalue weighted by Crippen LogP contribution is -2.51. The number of aliphatic carboxylic acids is 1. The fourth-order valence-corrected chi connectivity index (χ4v) is 2.06. The highest BCUT2D eigenvalue weighted by Crippen LogP contribution is 2.09. The molecule has 8 nitrogen and oxygen atoms in total. The van der Waals surface area contributed by atoms with E-state index in [2.05, 4.69) is 16.0 Å². The van der Waals surface area contributed by atoms with Gasteiger partial charge in [0.15, 0.2) is 0 Å². The van der Waals surface area contributed by atoms with Gasteiger partial charge in [-0.3, -0.25) is 9.59 Å². The van der Waals surface area contributed by atoms with Gasteiger partial charge in [-0.2, -0.15) is 0 Å². The lowest BCUT2D eigenvalue weighted by Gasteiger charge is -2.27. The number of hydrogen-bond donors (Lipinski definition) is 4. The van der Waals surface area contributed by atoms with Gasteiger partial charge in [-0.15, -0.1) is 0 Å². The molecule has 21 heavy (non-hydrogen) atoms. The third-order valence-corrected chi connectivity index (χ3v) is 3.47. The van der Waals surface area contributed by atoms with Crippen LogP contribution < -0.4 is 16.0 Å². The van der Waals surface area contributed by atoms with Crippen LogP contribution in [0.3, 0.4) is 0 Å². The predicted octanol–water partition coefficient (Wildman–Crippen LogP) is -0.926. The number of carbonyl (C=O) groups excluding carboxylic acids is 2. The first-order chi connectivity index (χ1) is 9.91. The number of carboxylic acids is 1. The van der Waals surface area contributed by atoms with Crippen LogP contribution in [0.15, 0.2) is 0 Å². The van der Waals surface area contributed by atoms with Crippen LogP contribution in [-0.4, -0.2) is 67.2 Å². The monoisotopic (exact) mass is 300 g/mol. The highest BCUT2D eigenvalue weighted by atomic mass is 16.4. The average molecular weight is 300 g/mol. The fourth-order valence-electron chi connectivity index (χ4n) is 2.06. The number of nitrogens with zero attached hydrogens (tertiary/aromatic N) is 1. The lowest BCUT2D eigenvalue weighted by molar-refractivity contribution is -0.143. The number of rotatable bonds is 6. The number of hydrogen-bond acceptors (Lipinski definition) is 4. The van der Waals surface area contributed by atoms with E-state index in [1.54, 1.807) is 18.7 Å². The van der Waals surface area contributed by atoms with Crippen molar-refractivity contribution in [2.24, 2.45) is 11.8 Å². The minimum Gasteiger partial charge on any atom is -0.481 e. The van der Waals surface area contributed by atoms with Crippen molar-refractivity contribution >= 4 is 17.9 Å². The summed E-state index contributed by atoms with van der Waals surface area (Å²) in [7, 11) is 0. The highest BCUT2D eigenvalue weighted by molar-refractivity contribution is 5.84. The molecule has 1 rings (SSSR count). The van der Waals surface area contributed by atoms with Crippen LogP contribution in [0.1, 0.15) is 13.8 Å². The van der Waals surface area contributed by atoms with Gasteiger partial charge in [0.2, 0.25) is 5.91 Å². The molecule has 0 spiro atoms.